The zero-order chi connectivity index (χ0) is 15.4. The van der Waals surface area contributed by atoms with Gasteiger partial charge in [-0.05, 0) is 49.8 Å². The minimum absolute atomic E-state index is 0.0116. The zero-order valence-electron chi connectivity index (χ0n) is 13.6. The third-order valence-electron chi connectivity index (χ3n) is 4.71. The standard InChI is InChI=1S/C18H27NO2/c1-12-7-5-9-16(11-12)21-15(4)18(20)19-17-10-6-8-13(2)14(17)3/h5,7,9,11,13-15,17H,6,8,10H2,1-4H3,(H,19,20). The van der Waals surface area contributed by atoms with Crippen molar-refractivity contribution in [2.75, 3.05) is 0 Å². The summed E-state index contributed by atoms with van der Waals surface area (Å²) in [5.41, 5.74) is 1.13. The van der Waals surface area contributed by atoms with Crippen LogP contribution in [0.4, 0.5) is 0 Å². The molecule has 1 amide bonds. The first kappa shape index (κ1) is 15.9. The first-order valence-corrected chi connectivity index (χ1v) is 8.01. The molecule has 1 N–H and O–H groups in total. The van der Waals surface area contributed by atoms with Crippen molar-refractivity contribution in [3.63, 3.8) is 0 Å². The lowest BCUT2D eigenvalue weighted by molar-refractivity contribution is -0.128. The van der Waals surface area contributed by atoms with Gasteiger partial charge in [-0.3, -0.25) is 4.79 Å². The van der Waals surface area contributed by atoms with Crippen LogP contribution in [0.1, 0.15) is 45.6 Å². The van der Waals surface area contributed by atoms with Crippen LogP contribution >= 0.6 is 0 Å². The van der Waals surface area contributed by atoms with Crippen LogP contribution in [-0.2, 0) is 4.79 Å². The molecular weight excluding hydrogens is 262 g/mol. The molecular formula is C18H27NO2. The largest absolute Gasteiger partial charge is 0.481 e. The topological polar surface area (TPSA) is 38.3 Å². The lowest BCUT2D eigenvalue weighted by Crippen LogP contribution is -2.48. The number of carbonyl (C=O) groups is 1. The van der Waals surface area contributed by atoms with Gasteiger partial charge in [-0.15, -0.1) is 0 Å². The van der Waals surface area contributed by atoms with Crippen molar-refractivity contribution >= 4 is 5.91 Å². The predicted octanol–water partition coefficient (Wildman–Crippen LogP) is 3.70. The Labute approximate surface area is 128 Å². The molecule has 1 aromatic carbocycles. The summed E-state index contributed by atoms with van der Waals surface area (Å²) in [5, 5.41) is 3.17. The maximum absolute atomic E-state index is 12.3. The third kappa shape index (κ3) is 4.23. The summed E-state index contributed by atoms with van der Waals surface area (Å²) < 4.78 is 5.75. The van der Waals surface area contributed by atoms with Crippen LogP contribution in [0.5, 0.6) is 5.75 Å². The Hall–Kier alpha value is -1.51. The quantitative estimate of drug-likeness (QED) is 0.917. The lowest BCUT2D eigenvalue weighted by Gasteiger charge is -2.35. The molecule has 3 nitrogen and oxygen atoms in total. The van der Waals surface area contributed by atoms with Crippen molar-refractivity contribution in [2.24, 2.45) is 11.8 Å². The molecule has 1 aliphatic carbocycles. The summed E-state index contributed by atoms with van der Waals surface area (Å²) in [5.74, 6) is 1.95. The molecule has 0 aromatic heterocycles. The van der Waals surface area contributed by atoms with Crippen LogP contribution in [0.25, 0.3) is 0 Å². The van der Waals surface area contributed by atoms with Crippen molar-refractivity contribution in [1.82, 2.24) is 5.32 Å². The molecule has 0 aliphatic heterocycles. The van der Waals surface area contributed by atoms with E-state index in [0.717, 1.165) is 17.7 Å². The van der Waals surface area contributed by atoms with Crippen LogP contribution in [0, 0.1) is 18.8 Å². The first-order chi connectivity index (χ1) is 9.97. The van der Waals surface area contributed by atoms with Crippen molar-refractivity contribution in [2.45, 2.75) is 59.1 Å². The van der Waals surface area contributed by atoms with Gasteiger partial charge in [-0.25, -0.2) is 0 Å². The van der Waals surface area contributed by atoms with E-state index in [4.69, 9.17) is 4.74 Å². The number of hydrogen-bond acceptors (Lipinski definition) is 2. The van der Waals surface area contributed by atoms with E-state index < -0.39 is 6.10 Å². The Morgan fingerprint density at radius 2 is 2.10 bits per heavy atom. The van der Waals surface area contributed by atoms with Crippen LogP contribution < -0.4 is 10.1 Å². The summed E-state index contributed by atoms with van der Waals surface area (Å²) in [6.45, 7) is 8.34. The number of aryl methyl sites for hydroxylation is 1. The van der Waals surface area contributed by atoms with Gasteiger partial charge in [-0.1, -0.05) is 38.8 Å². The fraction of sp³-hybridized carbons (Fsp3) is 0.611. The van der Waals surface area contributed by atoms with E-state index in [2.05, 4.69) is 19.2 Å². The molecule has 1 aliphatic rings. The predicted molar refractivity (Wildman–Crippen MR) is 85.4 cm³/mol. The highest BCUT2D eigenvalue weighted by molar-refractivity contribution is 5.81. The van der Waals surface area contributed by atoms with E-state index in [9.17, 15) is 4.79 Å². The van der Waals surface area contributed by atoms with Crippen molar-refractivity contribution < 1.29 is 9.53 Å². The molecule has 3 heteroatoms. The summed E-state index contributed by atoms with van der Waals surface area (Å²) in [6.07, 6.45) is 3.08. The minimum atomic E-state index is -0.462. The van der Waals surface area contributed by atoms with Gasteiger partial charge in [0.2, 0.25) is 0 Å². The SMILES string of the molecule is Cc1cccc(OC(C)C(=O)NC2CCCC(C)C2C)c1. The third-order valence-corrected chi connectivity index (χ3v) is 4.71. The molecule has 1 aromatic rings. The van der Waals surface area contributed by atoms with Crippen molar-refractivity contribution in [3.05, 3.63) is 29.8 Å². The molecule has 4 atom stereocenters. The Morgan fingerprint density at radius 1 is 1.33 bits per heavy atom. The second kappa shape index (κ2) is 6.97. The average molecular weight is 289 g/mol. The number of hydrogen-bond donors (Lipinski definition) is 1. The molecule has 2 rings (SSSR count). The lowest BCUT2D eigenvalue weighted by atomic mass is 9.78. The van der Waals surface area contributed by atoms with Crippen LogP contribution in [0.15, 0.2) is 24.3 Å². The van der Waals surface area contributed by atoms with Gasteiger partial charge in [0.05, 0.1) is 0 Å². The van der Waals surface area contributed by atoms with Gasteiger partial charge in [0.25, 0.3) is 5.91 Å². The number of rotatable bonds is 4. The molecule has 4 unspecified atom stereocenters. The summed E-state index contributed by atoms with van der Waals surface area (Å²) in [6, 6.07) is 8.09. The van der Waals surface area contributed by atoms with Crippen molar-refractivity contribution in [3.8, 4) is 5.75 Å². The van der Waals surface area contributed by atoms with Gasteiger partial charge < -0.3 is 10.1 Å². The monoisotopic (exact) mass is 289 g/mol. The minimum Gasteiger partial charge on any atom is -0.481 e. The second-order valence-corrected chi connectivity index (χ2v) is 6.46. The van der Waals surface area contributed by atoms with E-state index in [1.165, 1.54) is 12.8 Å². The summed E-state index contributed by atoms with van der Waals surface area (Å²) >= 11 is 0. The molecule has 0 heterocycles. The van der Waals surface area contributed by atoms with Crippen LogP contribution in [0.3, 0.4) is 0 Å². The highest BCUT2D eigenvalue weighted by Crippen LogP contribution is 2.29. The second-order valence-electron chi connectivity index (χ2n) is 6.46. The maximum Gasteiger partial charge on any atom is 0.261 e. The van der Waals surface area contributed by atoms with Crippen molar-refractivity contribution in [1.29, 1.82) is 0 Å². The highest BCUT2D eigenvalue weighted by atomic mass is 16.5. The van der Waals surface area contributed by atoms with Crippen LogP contribution in [-0.4, -0.2) is 18.1 Å². The molecule has 116 valence electrons. The summed E-state index contributed by atoms with van der Waals surface area (Å²) in [7, 11) is 0. The normalized spacial score (nSPS) is 27.0. The Morgan fingerprint density at radius 3 is 2.81 bits per heavy atom. The van der Waals surface area contributed by atoms with Crippen LogP contribution in [0.2, 0.25) is 0 Å². The van der Waals surface area contributed by atoms with E-state index in [1.54, 1.807) is 0 Å². The van der Waals surface area contributed by atoms with E-state index in [-0.39, 0.29) is 11.9 Å². The Balaban J connectivity index is 1.90. The number of carbonyl (C=O) groups excluding carboxylic acids is 1. The molecule has 0 spiro atoms. The number of nitrogens with one attached hydrogen (secondary N) is 1. The van der Waals surface area contributed by atoms with E-state index >= 15 is 0 Å². The molecule has 1 saturated carbocycles. The Bertz CT molecular complexity index is 486. The number of benzene rings is 1. The van der Waals surface area contributed by atoms with Gasteiger partial charge in [0.1, 0.15) is 5.75 Å². The zero-order valence-corrected chi connectivity index (χ0v) is 13.6. The van der Waals surface area contributed by atoms with Gasteiger partial charge >= 0.3 is 0 Å². The number of amides is 1. The molecule has 1 fully saturated rings. The molecule has 0 bridgehead atoms. The van der Waals surface area contributed by atoms with E-state index in [1.807, 2.05) is 38.1 Å². The molecule has 0 radical (unpaired) electrons. The average Bonchev–Trinajstić information content (AvgIpc) is 2.44. The summed E-state index contributed by atoms with van der Waals surface area (Å²) in [4.78, 5) is 12.3. The fourth-order valence-electron chi connectivity index (χ4n) is 3.03. The fourth-order valence-corrected chi connectivity index (χ4v) is 3.03. The first-order valence-electron chi connectivity index (χ1n) is 8.01. The molecule has 21 heavy (non-hydrogen) atoms. The maximum atomic E-state index is 12.3. The highest BCUT2D eigenvalue weighted by Gasteiger charge is 2.29. The van der Waals surface area contributed by atoms with Gasteiger partial charge in [0, 0.05) is 6.04 Å². The molecule has 0 saturated heterocycles. The Kier molecular flexibility index (Phi) is 5.27. The van der Waals surface area contributed by atoms with Gasteiger partial charge in [0.15, 0.2) is 6.10 Å². The smallest absolute Gasteiger partial charge is 0.261 e. The van der Waals surface area contributed by atoms with Gasteiger partial charge in [-0.2, -0.15) is 0 Å². The van der Waals surface area contributed by atoms with E-state index in [0.29, 0.717) is 11.8 Å². The number of ether oxygens (including phenoxy) is 1.